The zero-order chi connectivity index (χ0) is 22.1. The fourth-order valence-corrected chi connectivity index (χ4v) is 3.52. The Balaban J connectivity index is 0.000000220. The van der Waals surface area contributed by atoms with Gasteiger partial charge in [-0.05, 0) is 43.5 Å². The summed E-state index contributed by atoms with van der Waals surface area (Å²) < 4.78 is 10.7. The molecule has 1 aromatic heterocycles. The van der Waals surface area contributed by atoms with Crippen LogP contribution in [0, 0.1) is 0 Å². The Hall–Kier alpha value is -2.03. The van der Waals surface area contributed by atoms with Gasteiger partial charge in [0.15, 0.2) is 0 Å². The average molecular weight is 501 g/mol. The normalized spacial score (nSPS) is 15.0. The molecule has 7 nitrogen and oxygen atoms in total. The van der Waals surface area contributed by atoms with Crippen LogP contribution in [0.2, 0.25) is 5.02 Å². The molecule has 1 saturated heterocycles. The fraction of sp³-hybridized carbons (Fsp3) is 0.429. The number of alkyl carbamates (subject to hydrolysis) is 1. The molecule has 2 amide bonds. The molecule has 2 N–H and O–H groups in total. The van der Waals surface area contributed by atoms with Crippen LogP contribution in [0.1, 0.15) is 19.8 Å². The lowest BCUT2D eigenvalue weighted by Crippen LogP contribution is -2.53. The van der Waals surface area contributed by atoms with Gasteiger partial charge in [-0.1, -0.05) is 39.7 Å². The summed E-state index contributed by atoms with van der Waals surface area (Å²) in [4.78, 5) is 28.2. The number of hydrogen-bond acceptors (Lipinski definition) is 4. The van der Waals surface area contributed by atoms with Crippen LogP contribution in [0.15, 0.2) is 41.0 Å². The highest BCUT2D eigenvalue weighted by Crippen LogP contribution is 2.26. The topological polar surface area (TPSA) is 83.7 Å². The Morgan fingerprint density at radius 1 is 1.17 bits per heavy atom. The Morgan fingerprint density at radius 3 is 2.30 bits per heavy atom. The molecule has 0 radical (unpaired) electrons. The summed E-state index contributed by atoms with van der Waals surface area (Å²) in [7, 11) is 2.78. The minimum atomic E-state index is -0.689. The number of methoxy groups -OCH3 is 2. The van der Waals surface area contributed by atoms with Gasteiger partial charge in [0.2, 0.25) is 5.91 Å². The highest BCUT2D eigenvalue weighted by molar-refractivity contribution is 9.10. The second kappa shape index (κ2) is 12.0. The van der Waals surface area contributed by atoms with E-state index in [4.69, 9.17) is 16.3 Å². The molecular weight excluding hydrogens is 474 g/mol. The van der Waals surface area contributed by atoms with E-state index in [0.29, 0.717) is 0 Å². The number of H-pyrrole nitrogens is 1. The van der Waals surface area contributed by atoms with E-state index in [1.807, 2.05) is 36.5 Å². The third-order valence-corrected chi connectivity index (χ3v) is 5.66. The zero-order valence-corrected chi connectivity index (χ0v) is 19.6. The van der Waals surface area contributed by atoms with E-state index in [2.05, 4.69) is 31.0 Å². The number of halogens is 2. The van der Waals surface area contributed by atoms with Crippen LogP contribution in [0.3, 0.4) is 0 Å². The number of benzene rings is 1. The number of aromatic nitrogens is 1. The first kappa shape index (κ1) is 24.2. The van der Waals surface area contributed by atoms with E-state index in [-0.39, 0.29) is 12.0 Å². The number of aromatic amines is 1. The van der Waals surface area contributed by atoms with Crippen LogP contribution in [0.25, 0.3) is 11.3 Å². The van der Waals surface area contributed by atoms with E-state index in [1.54, 1.807) is 11.8 Å². The van der Waals surface area contributed by atoms with Gasteiger partial charge in [0.05, 0.1) is 23.9 Å². The molecule has 0 spiro atoms. The Bertz CT molecular complexity index is 822. The van der Waals surface area contributed by atoms with E-state index < -0.39 is 12.1 Å². The van der Waals surface area contributed by atoms with Crippen LogP contribution < -0.4 is 5.32 Å². The molecule has 0 aliphatic carbocycles. The molecule has 9 heteroatoms. The number of carbonyl (C=O) groups is 2. The largest absolute Gasteiger partial charge is 0.453 e. The Labute approximate surface area is 190 Å². The first-order valence-corrected chi connectivity index (χ1v) is 10.8. The summed E-state index contributed by atoms with van der Waals surface area (Å²) in [6.07, 6.45) is 2.85. The van der Waals surface area contributed by atoms with Crippen LogP contribution in [0.4, 0.5) is 4.79 Å². The fourth-order valence-electron chi connectivity index (χ4n) is 3.02. The number of likely N-dealkylation sites (tertiary alicyclic amines) is 1. The maximum absolute atomic E-state index is 12.2. The molecule has 2 atom stereocenters. The number of amides is 2. The van der Waals surface area contributed by atoms with Crippen molar-refractivity contribution in [3.05, 3.63) is 46.0 Å². The van der Waals surface area contributed by atoms with E-state index in [9.17, 15) is 9.59 Å². The summed E-state index contributed by atoms with van der Waals surface area (Å²) in [5, 5.41) is 3.27. The van der Waals surface area contributed by atoms with Crippen molar-refractivity contribution in [1.82, 2.24) is 15.2 Å². The molecule has 164 valence electrons. The number of nitrogens with zero attached hydrogens (tertiary/aromatic N) is 1. The van der Waals surface area contributed by atoms with Crippen LogP contribution in [0.5, 0.6) is 0 Å². The Kier molecular flexibility index (Phi) is 9.68. The summed E-state index contributed by atoms with van der Waals surface area (Å²) in [5.74, 6) is -0.109. The minimum Gasteiger partial charge on any atom is -0.453 e. The van der Waals surface area contributed by atoms with E-state index in [0.717, 1.165) is 46.7 Å². The monoisotopic (exact) mass is 499 g/mol. The highest BCUT2D eigenvalue weighted by atomic mass is 79.9. The SMILES string of the molecule is COC(=O)NC(C(=O)N1CCCC1)C(C)OC.Clc1cc[nH]c1-c1ccc(Br)cc1. The Morgan fingerprint density at radius 2 is 1.80 bits per heavy atom. The predicted molar refractivity (Wildman–Crippen MR) is 121 cm³/mol. The molecule has 2 unspecified atom stereocenters. The third kappa shape index (κ3) is 6.75. The van der Waals surface area contributed by atoms with Crippen LogP contribution in [-0.4, -0.2) is 61.3 Å². The van der Waals surface area contributed by atoms with Crippen molar-refractivity contribution < 1.29 is 19.1 Å². The van der Waals surface area contributed by atoms with Gasteiger partial charge in [-0.15, -0.1) is 0 Å². The summed E-state index contributed by atoms with van der Waals surface area (Å²) in [6.45, 7) is 3.23. The van der Waals surface area contributed by atoms with Crippen molar-refractivity contribution >= 4 is 39.5 Å². The first-order valence-electron chi connectivity index (χ1n) is 9.62. The molecular formula is C21H27BrClN3O4. The molecule has 2 aromatic rings. The second-order valence-electron chi connectivity index (χ2n) is 6.79. The van der Waals surface area contributed by atoms with Gasteiger partial charge in [0.25, 0.3) is 0 Å². The zero-order valence-electron chi connectivity index (χ0n) is 17.3. The third-order valence-electron chi connectivity index (χ3n) is 4.81. The molecule has 1 aromatic carbocycles. The maximum Gasteiger partial charge on any atom is 0.407 e. The van der Waals surface area contributed by atoms with Crippen molar-refractivity contribution in [2.75, 3.05) is 27.3 Å². The molecule has 1 fully saturated rings. The lowest BCUT2D eigenvalue weighted by molar-refractivity contribution is -0.135. The maximum atomic E-state index is 12.2. The van der Waals surface area contributed by atoms with Gasteiger partial charge in [-0.25, -0.2) is 4.79 Å². The van der Waals surface area contributed by atoms with Crippen molar-refractivity contribution in [2.45, 2.75) is 31.9 Å². The predicted octanol–water partition coefficient (Wildman–Crippen LogP) is 4.47. The number of hydrogen-bond donors (Lipinski definition) is 2. The molecule has 1 aliphatic heterocycles. The summed E-state index contributed by atoms with van der Waals surface area (Å²) in [6, 6.07) is 9.17. The number of nitrogens with one attached hydrogen (secondary N) is 2. The summed E-state index contributed by atoms with van der Waals surface area (Å²) >= 11 is 9.36. The van der Waals surface area contributed by atoms with Crippen molar-refractivity contribution in [3.8, 4) is 11.3 Å². The highest BCUT2D eigenvalue weighted by Gasteiger charge is 2.32. The standard InChI is InChI=1S/C11H20N2O4.C10H7BrClN/c1-8(16-2)9(12-11(15)17-3)10(14)13-6-4-5-7-13;11-8-3-1-7(2-4-8)10-9(12)5-6-13-10/h8-9H,4-7H2,1-3H3,(H,12,15);1-6,13H. The smallest absolute Gasteiger partial charge is 0.407 e. The molecule has 30 heavy (non-hydrogen) atoms. The quantitative estimate of drug-likeness (QED) is 0.635. The molecule has 3 rings (SSSR count). The van der Waals surface area contributed by atoms with Gasteiger partial charge in [-0.2, -0.15) is 0 Å². The molecule has 0 bridgehead atoms. The first-order chi connectivity index (χ1) is 14.4. The van der Waals surface area contributed by atoms with Crippen LogP contribution in [-0.2, 0) is 14.3 Å². The summed E-state index contributed by atoms with van der Waals surface area (Å²) in [5.41, 5.74) is 2.06. The molecule has 1 aliphatic rings. The molecule has 0 saturated carbocycles. The molecule has 2 heterocycles. The number of ether oxygens (including phenoxy) is 2. The lowest BCUT2D eigenvalue weighted by Gasteiger charge is -2.27. The van der Waals surface area contributed by atoms with Gasteiger partial charge >= 0.3 is 6.09 Å². The van der Waals surface area contributed by atoms with Crippen molar-refractivity contribution in [2.24, 2.45) is 0 Å². The lowest BCUT2D eigenvalue weighted by atomic mass is 10.1. The van der Waals surface area contributed by atoms with Gasteiger partial charge in [0, 0.05) is 30.9 Å². The van der Waals surface area contributed by atoms with Crippen molar-refractivity contribution in [1.29, 1.82) is 0 Å². The number of rotatable bonds is 5. The van der Waals surface area contributed by atoms with Crippen LogP contribution >= 0.6 is 27.5 Å². The van der Waals surface area contributed by atoms with Gasteiger partial charge in [0.1, 0.15) is 6.04 Å². The second-order valence-corrected chi connectivity index (χ2v) is 8.12. The minimum absolute atomic E-state index is 0.109. The van der Waals surface area contributed by atoms with Crippen molar-refractivity contribution in [3.63, 3.8) is 0 Å². The van der Waals surface area contributed by atoms with E-state index >= 15 is 0 Å². The average Bonchev–Trinajstić information content (AvgIpc) is 3.44. The van der Waals surface area contributed by atoms with Gasteiger partial charge < -0.3 is 24.7 Å². The number of carbonyl (C=O) groups excluding carboxylic acids is 2. The van der Waals surface area contributed by atoms with E-state index in [1.165, 1.54) is 14.2 Å². The van der Waals surface area contributed by atoms with Gasteiger partial charge in [-0.3, -0.25) is 4.79 Å².